The van der Waals surface area contributed by atoms with Gasteiger partial charge >= 0.3 is 6.03 Å². The highest BCUT2D eigenvalue weighted by Gasteiger charge is 2.31. The lowest BCUT2D eigenvalue weighted by Crippen LogP contribution is -2.53. The minimum Gasteiger partial charge on any atom is -0.335 e. The molecule has 0 unspecified atom stereocenters. The van der Waals surface area contributed by atoms with Crippen molar-refractivity contribution in [2.24, 2.45) is 11.8 Å². The van der Waals surface area contributed by atoms with Gasteiger partial charge in [-0.25, -0.2) is 4.79 Å². The van der Waals surface area contributed by atoms with E-state index < -0.39 is 0 Å². The second-order valence-electron chi connectivity index (χ2n) is 11.1. The summed E-state index contributed by atoms with van der Waals surface area (Å²) in [7, 11) is 0. The fourth-order valence-electron chi connectivity index (χ4n) is 5.98. The Morgan fingerprint density at radius 1 is 0.867 bits per heavy atom. The number of rotatable bonds is 10. The smallest absolute Gasteiger partial charge is 0.315 e. The fourth-order valence-corrected chi connectivity index (χ4v) is 7.23. The van der Waals surface area contributed by atoms with Gasteiger partial charge in [-0.3, -0.25) is 0 Å². The maximum absolute atomic E-state index is 12.6. The van der Waals surface area contributed by atoms with Crippen LogP contribution in [0.15, 0.2) is 0 Å². The van der Waals surface area contributed by atoms with Crippen molar-refractivity contribution in [1.29, 1.82) is 0 Å². The van der Waals surface area contributed by atoms with E-state index in [0.717, 1.165) is 49.4 Å². The summed E-state index contributed by atoms with van der Waals surface area (Å²) in [6, 6.07) is 1.13. The largest absolute Gasteiger partial charge is 0.335 e. The topological polar surface area (TPSA) is 53.2 Å². The van der Waals surface area contributed by atoms with E-state index >= 15 is 0 Å². The molecule has 2 aliphatic rings. The summed E-state index contributed by atoms with van der Waals surface area (Å²) < 4.78 is 0.176. The Morgan fingerprint density at radius 3 is 1.90 bits per heavy atom. The normalized spacial score (nSPS) is 28.2. The molecule has 0 radical (unpaired) electrons. The number of hydrogen-bond donors (Lipinski definition) is 3. The molecule has 0 aromatic rings. The van der Waals surface area contributed by atoms with Gasteiger partial charge < -0.3 is 16.0 Å². The molecular formula is C25H49N3OS. The van der Waals surface area contributed by atoms with Crippen molar-refractivity contribution in [3.8, 4) is 0 Å². The first-order chi connectivity index (χ1) is 14.1. The Kier molecular flexibility index (Phi) is 10.3. The third-order valence-electron chi connectivity index (χ3n) is 7.04. The van der Waals surface area contributed by atoms with E-state index in [2.05, 4.69) is 57.5 Å². The average molecular weight is 440 g/mol. The highest BCUT2D eigenvalue weighted by atomic mass is 32.2. The Balaban J connectivity index is 1.66. The molecule has 0 heterocycles. The van der Waals surface area contributed by atoms with Crippen molar-refractivity contribution in [2.75, 3.05) is 12.3 Å². The number of amides is 2. The highest BCUT2D eigenvalue weighted by molar-refractivity contribution is 8.00. The minimum absolute atomic E-state index is 0.0162. The molecule has 5 heteroatoms. The van der Waals surface area contributed by atoms with Crippen LogP contribution in [0.4, 0.5) is 4.79 Å². The van der Waals surface area contributed by atoms with Crippen LogP contribution in [-0.4, -0.2) is 40.7 Å². The predicted octanol–water partition coefficient (Wildman–Crippen LogP) is 6.10. The van der Waals surface area contributed by atoms with Gasteiger partial charge in [0.15, 0.2) is 0 Å². The number of thioether (sulfide) groups is 1. The molecule has 2 rings (SSSR count). The number of carbonyl (C=O) groups excluding carboxylic acids is 1. The lowest BCUT2D eigenvalue weighted by molar-refractivity contribution is 0.196. The number of nitrogens with one attached hydrogen (secondary N) is 3. The first-order valence-electron chi connectivity index (χ1n) is 12.6. The second-order valence-corrected chi connectivity index (χ2v) is 13.1. The standard InChI is InChI=1S/C25H49N3OS/c1-7-26-21-13-9-19(10-14-21)17-20-11-15-22(16-12-20)27-23(29)28-24(3,4)18-25(5,6)30-8-2/h19-22,26H,7-18H2,1-6H3,(H2,27,28,29). The van der Waals surface area contributed by atoms with Crippen LogP contribution in [0.1, 0.15) is 106 Å². The maximum Gasteiger partial charge on any atom is 0.315 e. The van der Waals surface area contributed by atoms with Crippen LogP contribution in [-0.2, 0) is 0 Å². The lowest BCUT2D eigenvalue weighted by Gasteiger charge is -2.37. The van der Waals surface area contributed by atoms with E-state index in [0.29, 0.717) is 6.04 Å². The first kappa shape index (κ1) is 25.8. The second kappa shape index (κ2) is 12.0. The van der Waals surface area contributed by atoms with Crippen molar-refractivity contribution < 1.29 is 4.79 Å². The molecular weight excluding hydrogens is 390 g/mol. The van der Waals surface area contributed by atoms with Crippen LogP contribution in [0.2, 0.25) is 0 Å². The van der Waals surface area contributed by atoms with E-state index in [1.165, 1.54) is 44.9 Å². The predicted molar refractivity (Wildman–Crippen MR) is 132 cm³/mol. The molecule has 176 valence electrons. The highest BCUT2D eigenvalue weighted by Crippen LogP contribution is 2.36. The van der Waals surface area contributed by atoms with Gasteiger partial charge in [0, 0.05) is 22.4 Å². The fraction of sp³-hybridized carbons (Fsp3) is 0.960. The Bertz CT molecular complexity index is 507. The molecule has 2 amide bonds. The molecule has 3 N–H and O–H groups in total. The monoisotopic (exact) mass is 439 g/mol. The van der Waals surface area contributed by atoms with E-state index in [4.69, 9.17) is 0 Å². The van der Waals surface area contributed by atoms with E-state index in [1.54, 1.807) is 0 Å². The van der Waals surface area contributed by atoms with Crippen molar-refractivity contribution in [3.63, 3.8) is 0 Å². The minimum atomic E-state index is -0.196. The van der Waals surface area contributed by atoms with Crippen LogP contribution in [0.5, 0.6) is 0 Å². The van der Waals surface area contributed by atoms with Crippen LogP contribution < -0.4 is 16.0 Å². The summed E-state index contributed by atoms with van der Waals surface area (Å²) >= 11 is 1.96. The van der Waals surface area contributed by atoms with Gasteiger partial charge in [0.25, 0.3) is 0 Å². The molecule has 0 aromatic heterocycles. The lowest BCUT2D eigenvalue weighted by atomic mass is 9.75. The summed E-state index contributed by atoms with van der Waals surface area (Å²) in [6.45, 7) is 14.4. The van der Waals surface area contributed by atoms with Crippen LogP contribution in [0.3, 0.4) is 0 Å². The van der Waals surface area contributed by atoms with Crippen molar-refractivity contribution in [3.05, 3.63) is 0 Å². The molecule has 0 aliphatic heterocycles. The van der Waals surface area contributed by atoms with Crippen LogP contribution >= 0.6 is 11.8 Å². The maximum atomic E-state index is 12.6. The summed E-state index contributed by atoms with van der Waals surface area (Å²) in [6.07, 6.45) is 12.7. The van der Waals surface area contributed by atoms with Crippen LogP contribution in [0, 0.1) is 11.8 Å². The third-order valence-corrected chi connectivity index (χ3v) is 8.26. The average Bonchev–Trinajstić information content (AvgIpc) is 2.63. The van der Waals surface area contributed by atoms with Gasteiger partial charge in [0.1, 0.15) is 0 Å². The molecule has 2 fully saturated rings. The van der Waals surface area contributed by atoms with Crippen molar-refractivity contribution in [1.82, 2.24) is 16.0 Å². The van der Waals surface area contributed by atoms with Gasteiger partial charge in [-0.2, -0.15) is 11.8 Å². The zero-order valence-corrected chi connectivity index (χ0v) is 21.4. The van der Waals surface area contributed by atoms with Crippen molar-refractivity contribution >= 4 is 17.8 Å². The quantitative estimate of drug-likeness (QED) is 0.385. The van der Waals surface area contributed by atoms with Crippen molar-refractivity contribution in [2.45, 2.75) is 128 Å². The zero-order valence-electron chi connectivity index (χ0n) is 20.6. The molecule has 30 heavy (non-hydrogen) atoms. The summed E-state index contributed by atoms with van der Waals surface area (Å²) in [4.78, 5) is 12.6. The summed E-state index contributed by atoms with van der Waals surface area (Å²) in [5.74, 6) is 2.91. The molecule has 0 aromatic carbocycles. The molecule has 2 aliphatic carbocycles. The molecule has 2 saturated carbocycles. The summed E-state index contributed by atoms with van der Waals surface area (Å²) in [5, 5.41) is 10.1. The molecule has 0 atom stereocenters. The van der Waals surface area contributed by atoms with Gasteiger partial charge in [-0.1, -0.05) is 27.7 Å². The third kappa shape index (κ3) is 9.38. The van der Waals surface area contributed by atoms with Crippen LogP contribution in [0.25, 0.3) is 0 Å². The van der Waals surface area contributed by atoms with Gasteiger partial charge in [-0.15, -0.1) is 0 Å². The SMILES string of the molecule is CCNC1CCC(CC2CCC(NC(=O)NC(C)(C)CC(C)(C)SCC)CC2)CC1. The Hall–Kier alpha value is -0.420. The number of urea groups is 1. The molecule has 0 spiro atoms. The first-order valence-corrected chi connectivity index (χ1v) is 13.6. The summed E-state index contributed by atoms with van der Waals surface area (Å²) in [5.41, 5.74) is -0.196. The zero-order chi connectivity index (χ0) is 22.2. The molecule has 4 nitrogen and oxygen atoms in total. The van der Waals surface area contributed by atoms with Gasteiger partial charge in [0.05, 0.1) is 0 Å². The molecule has 0 bridgehead atoms. The van der Waals surface area contributed by atoms with E-state index in [9.17, 15) is 4.79 Å². The molecule has 0 saturated heterocycles. The Morgan fingerprint density at radius 2 is 1.40 bits per heavy atom. The Labute approximate surface area is 190 Å². The van der Waals surface area contributed by atoms with E-state index in [1.807, 2.05) is 11.8 Å². The number of carbonyl (C=O) groups is 1. The number of hydrogen-bond acceptors (Lipinski definition) is 3. The van der Waals surface area contributed by atoms with Gasteiger partial charge in [0.2, 0.25) is 0 Å². The van der Waals surface area contributed by atoms with Gasteiger partial charge in [-0.05, 0) is 102 Å². The van der Waals surface area contributed by atoms with E-state index in [-0.39, 0.29) is 16.3 Å².